The summed E-state index contributed by atoms with van der Waals surface area (Å²) in [5.74, 6) is 0.611. The van der Waals surface area contributed by atoms with Gasteiger partial charge in [0, 0.05) is 41.7 Å². The van der Waals surface area contributed by atoms with Gasteiger partial charge in [0.25, 0.3) is 5.56 Å². The predicted octanol–water partition coefficient (Wildman–Crippen LogP) is 5.30. The van der Waals surface area contributed by atoms with Gasteiger partial charge in [-0.25, -0.2) is 0 Å². The number of aromatic nitrogens is 2. The number of piperidine rings is 1. The zero-order valence-electron chi connectivity index (χ0n) is 20.3. The fourth-order valence-corrected chi connectivity index (χ4v) is 4.68. The minimum absolute atomic E-state index is 0.232. The van der Waals surface area contributed by atoms with Crippen molar-refractivity contribution in [2.45, 2.75) is 25.8 Å². The van der Waals surface area contributed by atoms with E-state index in [1.165, 1.54) is 25.9 Å². The van der Waals surface area contributed by atoms with Gasteiger partial charge in [-0.05, 0) is 62.7 Å². The van der Waals surface area contributed by atoms with Crippen molar-refractivity contribution in [3.63, 3.8) is 0 Å². The first-order valence-electron chi connectivity index (χ1n) is 12.3. The summed E-state index contributed by atoms with van der Waals surface area (Å²) in [6, 6.07) is 25.2. The highest BCUT2D eigenvalue weighted by atomic mass is 16.5. The second kappa shape index (κ2) is 10.6. The molecule has 0 amide bonds. The van der Waals surface area contributed by atoms with Crippen LogP contribution >= 0.6 is 0 Å². The van der Waals surface area contributed by atoms with Crippen molar-refractivity contribution in [3.8, 4) is 39.9 Å². The molecule has 36 heavy (non-hydrogen) atoms. The quantitative estimate of drug-likeness (QED) is 0.366. The maximum atomic E-state index is 13.6. The lowest BCUT2D eigenvalue weighted by molar-refractivity contribution is 0.339. The Bertz CT molecular complexity index is 1450. The number of nitrogens with zero attached hydrogens (tertiary/aromatic N) is 4. The molecule has 6 rings (SSSR count). The number of hydrogen-bond acceptors (Lipinski definition) is 5. The predicted molar refractivity (Wildman–Crippen MR) is 141 cm³/mol. The van der Waals surface area contributed by atoms with E-state index < -0.39 is 0 Å². The van der Waals surface area contributed by atoms with E-state index in [0.29, 0.717) is 34.7 Å². The number of para-hydroxylation sites is 2. The largest absolute Gasteiger partial charge is 0.492 e. The fraction of sp³-hybridized carbons (Fsp3) is 0.233. The number of hydrogen-bond donors (Lipinski definition) is 0. The molecule has 0 N–H and O–H groups in total. The van der Waals surface area contributed by atoms with Crippen molar-refractivity contribution >= 4 is 0 Å². The molecule has 4 heterocycles. The van der Waals surface area contributed by atoms with E-state index in [1.807, 2.05) is 55.5 Å². The number of benzene rings is 2. The van der Waals surface area contributed by atoms with Gasteiger partial charge in [-0.15, -0.1) is 0 Å². The Hall–Kier alpha value is -4.21. The van der Waals surface area contributed by atoms with Gasteiger partial charge >= 0.3 is 0 Å². The first kappa shape index (κ1) is 23.5. The molecule has 2 atom stereocenters. The average Bonchev–Trinajstić information content (AvgIpc) is 3.54. The molecule has 2 fully saturated rings. The molecule has 2 aliphatic rings. The summed E-state index contributed by atoms with van der Waals surface area (Å²) in [5.41, 5.74) is 3.37. The van der Waals surface area contributed by atoms with Crippen molar-refractivity contribution in [2.24, 2.45) is 0 Å². The Morgan fingerprint density at radius 1 is 1.06 bits per heavy atom. The Labute approximate surface area is 211 Å². The Morgan fingerprint density at radius 2 is 1.86 bits per heavy atom. The van der Waals surface area contributed by atoms with Crippen LogP contribution in [0.25, 0.3) is 28.1 Å². The molecule has 2 aromatic carbocycles. The highest BCUT2D eigenvalue weighted by Gasteiger charge is 2.37. The molecule has 2 saturated heterocycles. The van der Waals surface area contributed by atoms with Crippen LogP contribution in [0.3, 0.4) is 0 Å². The lowest BCUT2D eigenvalue weighted by atomic mass is 9.99. The first-order valence-corrected chi connectivity index (χ1v) is 12.3. The molecule has 0 radical (unpaired) electrons. The molecule has 6 nitrogen and oxygen atoms in total. The van der Waals surface area contributed by atoms with Gasteiger partial charge in [0.2, 0.25) is 0 Å². The van der Waals surface area contributed by atoms with E-state index in [0.717, 1.165) is 17.3 Å². The van der Waals surface area contributed by atoms with E-state index >= 15 is 0 Å². The highest BCUT2D eigenvalue weighted by Crippen LogP contribution is 2.29. The summed E-state index contributed by atoms with van der Waals surface area (Å²) in [5, 5.41) is 9.57. The molecule has 6 heteroatoms. The van der Waals surface area contributed by atoms with Crippen LogP contribution < -0.4 is 10.3 Å². The highest BCUT2D eigenvalue weighted by molar-refractivity contribution is 5.75. The third-order valence-electron chi connectivity index (χ3n) is 6.55. The standard InChI is InChI=1S/C25H19N3O2.C5H9N/c1-2-30-24-13-6-5-12-23(24)28-17-19(22-11-7-8-14-27-22)15-21(25(28)29)20-10-4-3-9-18(20)16-26;1-2-5-4-6(5)3-1/h3-15,17H,2H2,1H3;5H,1-4H2. The normalized spacial score (nSPS) is 17.3. The molecule has 2 aliphatic heterocycles. The molecular formula is C30H28N4O2. The van der Waals surface area contributed by atoms with Gasteiger partial charge in [0.05, 0.1) is 29.6 Å². The lowest BCUT2D eigenvalue weighted by Crippen LogP contribution is -2.21. The summed E-state index contributed by atoms with van der Waals surface area (Å²) in [4.78, 5) is 20.5. The van der Waals surface area contributed by atoms with E-state index in [9.17, 15) is 10.1 Å². The number of pyridine rings is 2. The SMILES string of the molecule is C1CC2CN2C1.CCOc1ccccc1-n1cc(-c2ccccn2)cc(-c2ccccc2C#N)c1=O. The average molecular weight is 477 g/mol. The number of rotatable bonds is 5. The van der Waals surface area contributed by atoms with E-state index in [4.69, 9.17) is 4.74 Å². The van der Waals surface area contributed by atoms with Gasteiger partial charge in [0.15, 0.2) is 0 Å². The maximum absolute atomic E-state index is 13.6. The van der Waals surface area contributed by atoms with Gasteiger partial charge in [-0.3, -0.25) is 19.2 Å². The molecule has 180 valence electrons. The third-order valence-corrected chi connectivity index (χ3v) is 6.55. The zero-order valence-corrected chi connectivity index (χ0v) is 20.3. The van der Waals surface area contributed by atoms with Crippen LogP contribution in [0, 0.1) is 11.3 Å². The second-order valence-electron chi connectivity index (χ2n) is 8.88. The monoisotopic (exact) mass is 476 g/mol. The summed E-state index contributed by atoms with van der Waals surface area (Å²) in [6.45, 7) is 5.19. The van der Waals surface area contributed by atoms with Crippen LogP contribution in [0.5, 0.6) is 5.75 Å². The van der Waals surface area contributed by atoms with Crippen LogP contribution in [0.1, 0.15) is 25.3 Å². The fourth-order valence-electron chi connectivity index (χ4n) is 4.68. The molecule has 4 aromatic rings. The van der Waals surface area contributed by atoms with Crippen LogP contribution in [0.2, 0.25) is 0 Å². The summed E-state index contributed by atoms with van der Waals surface area (Å²) in [6.07, 6.45) is 6.42. The third kappa shape index (κ3) is 4.93. The second-order valence-corrected chi connectivity index (χ2v) is 8.88. The molecule has 0 aliphatic carbocycles. The van der Waals surface area contributed by atoms with Crippen molar-refractivity contribution in [3.05, 3.63) is 101 Å². The first-order chi connectivity index (χ1) is 17.7. The number of ether oxygens (including phenoxy) is 1. The smallest absolute Gasteiger partial charge is 0.263 e. The Morgan fingerprint density at radius 3 is 2.53 bits per heavy atom. The van der Waals surface area contributed by atoms with Gasteiger partial charge in [-0.2, -0.15) is 5.26 Å². The molecule has 0 saturated carbocycles. The Balaban J connectivity index is 0.000000382. The maximum Gasteiger partial charge on any atom is 0.263 e. The van der Waals surface area contributed by atoms with Gasteiger partial charge < -0.3 is 4.74 Å². The van der Waals surface area contributed by atoms with Crippen molar-refractivity contribution in [2.75, 3.05) is 19.7 Å². The molecular weight excluding hydrogens is 448 g/mol. The number of fused-ring (bicyclic) bond motifs is 1. The summed E-state index contributed by atoms with van der Waals surface area (Å²) in [7, 11) is 0. The lowest BCUT2D eigenvalue weighted by Gasteiger charge is -2.15. The van der Waals surface area contributed by atoms with Crippen LogP contribution in [0.4, 0.5) is 0 Å². The van der Waals surface area contributed by atoms with Crippen LogP contribution in [-0.2, 0) is 0 Å². The van der Waals surface area contributed by atoms with Crippen molar-refractivity contribution in [1.29, 1.82) is 5.26 Å². The minimum atomic E-state index is -0.232. The molecule has 2 unspecified atom stereocenters. The van der Waals surface area contributed by atoms with Crippen molar-refractivity contribution in [1.82, 2.24) is 14.5 Å². The summed E-state index contributed by atoms with van der Waals surface area (Å²) >= 11 is 0. The minimum Gasteiger partial charge on any atom is -0.492 e. The molecule has 0 spiro atoms. The topological polar surface area (TPSA) is 70.9 Å². The summed E-state index contributed by atoms with van der Waals surface area (Å²) < 4.78 is 7.32. The van der Waals surface area contributed by atoms with Gasteiger partial charge in [-0.1, -0.05) is 36.4 Å². The van der Waals surface area contributed by atoms with E-state index in [2.05, 4.69) is 16.0 Å². The zero-order chi connectivity index (χ0) is 24.9. The number of nitriles is 1. The van der Waals surface area contributed by atoms with E-state index in [-0.39, 0.29) is 5.56 Å². The molecule has 2 aromatic heterocycles. The van der Waals surface area contributed by atoms with Gasteiger partial charge in [0.1, 0.15) is 5.75 Å². The van der Waals surface area contributed by atoms with E-state index in [1.54, 1.807) is 41.2 Å². The molecule has 0 bridgehead atoms. The van der Waals surface area contributed by atoms with Crippen molar-refractivity contribution < 1.29 is 4.74 Å². The van der Waals surface area contributed by atoms with Crippen LogP contribution in [-0.4, -0.2) is 40.2 Å². The van der Waals surface area contributed by atoms with Crippen LogP contribution in [0.15, 0.2) is 90.0 Å². The Kier molecular flexibility index (Phi) is 6.92.